The largest absolute Gasteiger partial charge is 0.372 e. The first kappa shape index (κ1) is 4.31. The molecule has 2 atom stereocenters. The lowest BCUT2D eigenvalue weighted by molar-refractivity contribution is 0.308. The Kier molecular flexibility index (Phi) is 0.826. The standard InChI is InChI=1S/C7H10FN/c8-6-4-7-2-1-3-9(7)5-6/h2,6H,1,3-5H2/i3D. The van der Waals surface area contributed by atoms with Crippen molar-refractivity contribution in [2.75, 3.05) is 13.1 Å². The van der Waals surface area contributed by atoms with Gasteiger partial charge in [-0.1, -0.05) is 6.08 Å². The summed E-state index contributed by atoms with van der Waals surface area (Å²) in [6.07, 6.45) is 2.58. The summed E-state index contributed by atoms with van der Waals surface area (Å²) in [5, 5.41) is 0. The van der Waals surface area contributed by atoms with E-state index in [1.54, 1.807) is 0 Å². The first-order valence-corrected chi connectivity index (χ1v) is 3.29. The number of fused-ring (bicyclic) bond motifs is 1. The normalized spacial score (nSPS) is 42.6. The third kappa shape index (κ3) is 0.732. The van der Waals surface area contributed by atoms with Crippen molar-refractivity contribution in [2.24, 2.45) is 0 Å². The number of rotatable bonds is 0. The molecule has 2 aliphatic heterocycles. The van der Waals surface area contributed by atoms with Crippen LogP contribution in [0.3, 0.4) is 0 Å². The van der Waals surface area contributed by atoms with Gasteiger partial charge in [-0.05, 0) is 6.42 Å². The number of nitrogens with zero attached hydrogens (tertiary/aromatic N) is 1. The van der Waals surface area contributed by atoms with Crippen LogP contribution in [0.25, 0.3) is 0 Å². The SMILES string of the molecule is [2H]C1CC=C2CC(F)CN21. The summed E-state index contributed by atoms with van der Waals surface area (Å²) in [5.74, 6) is 0. The Hall–Kier alpha value is -0.530. The molecule has 9 heavy (non-hydrogen) atoms. The molecule has 0 spiro atoms. The van der Waals surface area contributed by atoms with Gasteiger partial charge in [0.25, 0.3) is 0 Å². The summed E-state index contributed by atoms with van der Waals surface area (Å²) in [7, 11) is 0. The van der Waals surface area contributed by atoms with Gasteiger partial charge in [0.1, 0.15) is 6.17 Å². The summed E-state index contributed by atoms with van der Waals surface area (Å²) in [4.78, 5) is 1.85. The van der Waals surface area contributed by atoms with Gasteiger partial charge in [0, 0.05) is 26.6 Å². The van der Waals surface area contributed by atoms with E-state index in [-0.39, 0.29) is 6.52 Å². The third-order valence-corrected chi connectivity index (χ3v) is 1.87. The van der Waals surface area contributed by atoms with E-state index in [2.05, 4.69) is 0 Å². The number of allylic oxidation sites excluding steroid dienone is 1. The number of hydrogen-bond acceptors (Lipinski definition) is 1. The fourth-order valence-corrected chi connectivity index (χ4v) is 1.45. The molecule has 50 valence electrons. The van der Waals surface area contributed by atoms with Crippen LogP contribution < -0.4 is 0 Å². The Balaban J connectivity index is 2.16. The molecular formula is C7H10FN. The summed E-state index contributed by atoms with van der Waals surface area (Å²) in [6, 6.07) is 0. The van der Waals surface area contributed by atoms with Crippen molar-refractivity contribution in [3.63, 3.8) is 0 Å². The molecule has 1 nitrogen and oxygen atoms in total. The number of halogens is 1. The predicted molar refractivity (Wildman–Crippen MR) is 33.8 cm³/mol. The summed E-state index contributed by atoms with van der Waals surface area (Å²) in [5.41, 5.74) is 1.05. The van der Waals surface area contributed by atoms with Gasteiger partial charge in [-0.3, -0.25) is 0 Å². The molecule has 0 N–H and O–H groups in total. The Morgan fingerprint density at radius 2 is 2.78 bits per heavy atom. The molecule has 0 bridgehead atoms. The molecule has 1 saturated heterocycles. The lowest BCUT2D eigenvalue weighted by Crippen LogP contribution is -2.16. The van der Waals surface area contributed by atoms with Crippen molar-refractivity contribution in [1.82, 2.24) is 4.90 Å². The zero-order chi connectivity index (χ0) is 7.14. The highest BCUT2D eigenvalue weighted by molar-refractivity contribution is 5.13. The van der Waals surface area contributed by atoms with Crippen LogP contribution in [-0.2, 0) is 0 Å². The average Bonchev–Trinajstić information content (AvgIpc) is 2.35. The van der Waals surface area contributed by atoms with Crippen LogP contribution in [0.4, 0.5) is 4.39 Å². The van der Waals surface area contributed by atoms with Gasteiger partial charge in [0.15, 0.2) is 0 Å². The van der Waals surface area contributed by atoms with E-state index < -0.39 is 6.17 Å². The fraction of sp³-hybridized carbons (Fsp3) is 0.714. The summed E-state index contributed by atoms with van der Waals surface area (Å²) in [6.45, 7) is 0.246. The van der Waals surface area contributed by atoms with Crippen LogP contribution in [0, 0.1) is 0 Å². The van der Waals surface area contributed by atoms with Crippen molar-refractivity contribution in [3.8, 4) is 0 Å². The van der Waals surface area contributed by atoms with Crippen LogP contribution in [0.5, 0.6) is 0 Å². The molecule has 2 rings (SSSR count). The smallest absolute Gasteiger partial charge is 0.123 e. The van der Waals surface area contributed by atoms with Crippen LogP contribution in [0.1, 0.15) is 14.2 Å². The first-order valence-electron chi connectivity index (χ1n) is 3.87. The molecule has 1 fully saturated rings. The maximum absolute atomic E-state index is 12.7. The highest BCUT2D eigenvalue weighted by atomic mass is 19.1. The predicted octanol–water partition coefficient (Wildman–Crippen LogP) is 1.32. The Labute approximate surface area is 55.6 Å². The molecule has 2 heterocycles. The van der Waals surface area contributed by atoms with E-state index in [9.17, 15) is 4.39 Å². The number of hydrogen-bond donors (Lipinski definition) is 0. The molecule has 0 aromatic carbocycles. The molecule has 0 saturated carbocycles. The van der Waals surface area contributed by atoms with Gasteiger partial charge in [-0.15, -0.1) is 0 Å². The quantitative estimate of drug-likeness (QED) is 0.475. The topological polar surface area (TPSA) is 3.24 Å². The molecule has 0 aromatic heterocycles. The molecule has 0 amide bonds. The van der Waals surface area contributed by atoms with Crippen molar-refractivity contribution in [1.29, 1.82) is 0 Å². The average molecular weight is 128 g/mol. The molecule has 2 aliphatic rings. The zero-order valence-electron chi connectivity index (χ0n) is 6.18. The minimum atomic E-state index is -0.723. The lowest BCUT2D eigenvalue weighted by atomic mass is 10.3. The Bertz CT molecular complexity index is 180. The maximum atomic E-state index is 12.7. The van der Waals surface area contributed by atoms with Crippen LogP contribution in [0.2, 0.25) is 0 Å². The van der Waals surface area contributed by atoms with E-state index in [0.717, 1.165) is 12.1 Å². The summed E-state index contributed by atoms with van der Waals surface area (Å²) < 4.78 is 20.1. The lowest BCUT2D eigenvalue weighted by Gasteiger charge is -2.11. The summed E-state index contributed by atoms with van der Waals surface area (Å²) >= 11 is 0. The second-order valence-corrected chi connectivity index (χ2v) is 2.57. The van der Waals surface area contributed by atoms with E-state index >= 15 is 0 Å². The van der Waals surface area contributed by atoms with Crippen LogP contribution in [-0.4, -0.2) is 24.1 Å². The minimum Gasteiger partial charge on any atom is -0.372 e. The molecule has 2 unspecified atom stereocenters. The van der Waals surface area contributed by atoms with E-state index in [1.165, 1.54) is 0 Å². The van der Waals surface area contributed by atoms with E-state index in [0.29, 0.717) is 13.0 Å². The van der Waals surface area contributed by atoms with Gasteiger partial charge in [-0.2, -0.15) is 0 Å². The number of alkyl halides is 1. The monoisotopic (exact) mass is 128 g/mol. The molecule has 0 aromatic rings. The molecule has 0 aliphatic carbocycles. The maximum Gasteiger partial charge on any atom is 0.123 e. The van der Waals surface area contributed by atoms with Crippen molar-refractivity contribution < 1.29 is 5.76 Å². The van der Waals surface area contributed by atoms with Crippen molar-refractivity contribution in [2.45, 2.75) is 19.0 Å². The Morgan fingerprint density at radius 3 is 3.56 bits per heavy atom. The fourth-order valence-electron chi connectivity index (χ4n) is 1.45. The van der Waals surface area contributed by atoms with Gasteiger partial charge < -0.3 is 4.90 Å². The van der Waals surface area contributed by atoms with Gasteiger partial charge >= 0.3 is 0 Å². The second-order valence-electron chi connectivity index (χ2n) is 2.57. The van der Waals surface area contributed by atoms with Crippen molar-refractivity contribution in [3.05, 3.63) is 11.8 Å². The highest BCUT2D eigenvalue weighted by Crippen LogP contribution is 2.27. The minimum absolute atomic E-state index is 0.198. The van der Waals surface area contributed by atoms with Gasteiger partial charge in [0.2, 0.25) is 0 Å². The Morgan fingerprint density at radius 1 is 1.89 bits per heavy atom. The third-order valence-electron chi connectivity index (χ3n) is 1.87. The molecular weight excluding hydrogens is 117 g/mol. The van der Waals surface area contributed by atoms with E-state index in [4.69, 9.17) is 1.37 Å². The van der Waals surface area contributed by atoms with E-state index in [1.807, 2.05) is 11.0 Å². The van der Waals surface area contributed by atoms with Crippen molar-refractivity contribution >= 4 is 0 Å². The first-order chi connectivity index (χ1) is 4.77. The zero-order valence-corrected chi connectivity index (χ0v) is 5.18. The second kappa shape index (κ2) is 1.72. The van der Waals surface area contributed by atoms with Crippen LogP contribution in [0.15, 0.2) is 11.8 Å². The molecule has 2 heteroatoms. The highest BCUT2D eigenvalue weighted by Gasteiger charge is 2.27. The van der Waals surface area contributed by atoms with Gasteiger partial charge in [0.05, 0.1) is 0 Å². The van der Waals surface area contributed by atoms with Crippen LogP contribution >= 0.6 is 0 Å². The molecule has 0 radical (unpaired) electrons. The van der Waals surface area contributed by atoms with Gasteiger partial charge in [-0.25, -0.2) is 4.39 Å².